The second-order valence-electron chi connectivity index (χ2n) is 6.12. The molecular formula is C22H16N2O3S2. The third-order valence-corrected chi connectivity index (χ3v) is 5.80. The van der Waals surface area contributed by atoms with E-state index in [2.05, 4.69) is 10.3 Å². The van der Waals surface area contributed by atoms with E-state index in [9.17, 15) is 9.59 Å². The third-order valence-electron chi connectivity index (χ3n) is 3.99. The number of carbonyl (C=O) groups is 2. The summed E-state index contributed by atoms with van der Waals surface area (Å²) < 4.78 is 5.38. The van der Waals surface area contributed by atoms with E-state index in [1.54, 1.807) is 30.3 Å². The molecule has 2 heterocycles. The van der Waals surface area contributed by atoms with Crippen LogP contribution in [0.4, 0.5) is 5.69 Å². The second kappa shape index (κ2) is 8.81. The maximum absolute atomic E-state index is 12.2. The number of ether oxygens (including phenoxy) is 1. The first kappa shape index (κ1) is 19.0. The van der Waals surface area contributed by atoms with Gasteiger partial charge in [0, 0.05) is 16.6 Å². The van der Waals surface area contributed by atoms with Crippen LogP contribution >= 0.6 is 22.7 Å². The molecule has 2 aromatic carbocycles. The van der Waals surface area contributed by atoms with Gasteiger partial charge in [-0.05, 0) is 35.7 Å². The number of thiazole rings is 1. The van der Waals surface area contributed by atoms with E-state index in [1.807, 2.05) is 47.2 Å². The van der Waals surface area contributed by atoms with E-state index in [0.717, 1.165) is 10.6 Å². The lowest BCUT2D eigenvalue weighted by Crippen LogP contribution is -2.12. The molecule has 0 atom stereocenters. The van der Waals surface area contributed by atoms with Gasteiger partial charge in [-0.3, -0.25) is 9.59 Å². The van der Waals surface area contributed by atoms with Crippen molar-refractivity contribution in [3.8, 4) is 16.3 Å². The SMILES string of the molecule is O=C(Cc1csc(-c2ccccc2)n1)Oc1ccc(NC(=O)c2cccs2)cc1. The van der Waals surface area contributed by atoms with Crippen molar-refractivity contribution in [2.75, 3.05) is 5.32 Å². The lowest BCUT2D eigenvalue weighted by molar-refractivity contribution is -0.133. The van der Waals surface area contributed by atoms with Gasteiger partial charge in [-0.1, -0.05) is 36.4 Å². The molecule has 1 N–H and O–H groups in total. The predicted molar refractivity (Wildman–Crippen MR) is 116 cm³/mol. The highest BCUT2D eigenvalue weighted by Crippen LogP contribution is 2.24. The standard InChI is InChI=1S/C22H16N2O3S2/c25-20(13-17-14-29-22(24-17)15-5-2-1-3-6-15)27-18-10-8-16(9-11-18)23-21(26)19-7-4-12-28-19/h1-12,14H,13H2,(H,23,26). The summed E-state index contributed by atoms with van der Waals surface area (Å²) in [6, 6.07) is 20.1. The first-order valence-corrected chi connectivity index (χ1v) is 10.6. The van der Waals surface area contributed by atoms with Crippen LogP contribution in [0.15, 0.2) is 77.5 Å². The second-order valence-corrected chi connectivity index (χ2v) is 7.92. The number of nitrogens with zero attached hydrogens (tertiary/aromatic N) is 1. The Bertz CT molecular complexity index is 1100. The molecule has 0 saturated carbocycles. The highest BCUT2D eigenvalue weighted by Gasteiger charge is 2.12. The highest BCUT2D eigenvalue weighted by molar-refractivity contribution is 7.13. The molecule has 0 aliphatic carbocycles. The maximum atomic E-state index is 12.2. The Morgan fingerprint density at radius 1 is 0.931 bits per heavy atom. The summed E-state index contributed by atoms with van der Waals surface area (Å²) in [6.07, 6.45) is 0.0974. The van der Waals surface area contributed by atoms with Crippen molar-refractivity contribution >= 4 is 40.2 Å². The Kier molecular flexibility index (Phi) is 5.79. The van der Waals surface area contributed by atoms with Crippen molar-refractivity contribution in [1.29, 1.82) is 0 Å². The van der Waals surface area contributed by atoms with Crippen LogP contribution in [0.5, 0.6) is 5.75 Å². The molecule has 0 bridgehead atoms. The quantitative estimate of drug-likeness (QED) is 0.341. The van der Waals surface area contributed by atoms with Crippen molar-refractivity contribution in [3.63, 3.8) is 0 Å². The van der Waals surface area contributed by atoms with E-state index in [1.165, 1.54) is 22.7 Å². The molecular weight excluding hydrogens is 404 g/mol. The van der Waals surface area contributed by atoms with E-state index in [4.69, 9.17) is 4.74 Å². The van der Waals surface area contributed by atoms with Gasteiger partial charge in [-0.15, -0.1) is 22.7 Å². The van der Waals surface area contributed by atoms with Crippen molar-refractivity contribution in [2.45, 2.75) is 6.42 Å². The van der Waals surface area contributed by atoms with Crippen molar-refractivity contribution < 1.29 is 14.3 Å². The lowest BCUT2D eigenvalue weighted by atomic mass is 10.2. The van der Waals surface area contributed by atoms with Crippen LogP contribution in [-0.2, 0) is 11.2 Å². The van der Waals surface area contributed by atoms with E-state index in [0.29, 0.717) is 22.0 Å². The van der Waals surface area contributed by atoms with Crippen LogP contribution in [0, 0.1) is 0 Å². The lowest BCUT2D eigenvalue weighted by Gasteiger charge is -2.06. The van der Waals surface area contributed by atoms with Crippen LogP contribution in [-0.4, -0.2) is 16.9 Å². The third kappa shape index (κ3) is 4.96. The molecule has 5 nitrogen and oxygen atoms in total. The van der Waals surface area contributed by atoms with Gasteiger partial charge in [0.1, 0.15) is 10.8 Å². The summed E-state index contributed by atoms with van der Waals surface area (Å²) in [4.78, 5) is 29.4. The number of benzene rings is 2. The van der Waals surface area contributed by atoms with Crippen LogP contribution in [0.25, 0.3) is 10.6 Å². The van der Waals surface area contributed by atoms with Gasteiger partial charge < -0.3 is 10.1 Å². The Hall–Kier alpha value is -3.29. The molecule has 4 aromatic rings. The number of carbonyl (C=O) groups excluding carboxylic acids is 2. The Labute approximate surface area is 175 Å². The molecule has 29 heavy (non-hydrogen) atoms. The zero-order valence-corrected chi connectivity index (χ0v) is 16.8. The minimum atomic E-state index is -0.384. The predicted octanol–water partition coefficient (Wildman–Crippen LogP) is 5.27. The molecule has 7 heteroatoms. The number of thiophene rings is 1. The van der Waals surface area contributed by atoms with E-state index < -0.39 is 0 Å². The number of anilines is 1. The molecule has 2 aromatic heterocycles. The molecule has 0 unspecified atom stereocenters. The number of esters is 1. The molecule has 0 spiro atoms. The van der Waals surface area contributed by atoms with Crippen LogP contribution in [0.2, 0.25) is 0 Å². The first-order chi connectivity index (χ1) is 14.2. The van der Waals surface area contributed by atoms with E-state index >= 15 is 0 Å². The Morgan fingerprint density at radius 2 is 1.72 bits per heavy atom. The normalized spacial score (nSPS) is 10.5. The van der Waals surface area contributed by atoms with Gasteiger partial charge in [-0.25, -0.2) is 4.98 Å². The fourth-order valence-electron chi connectivity index (χ4n) is 2.62. The molecule has 0 fully saturated rings. The van der Waals surface area contributed by atoms with Gasteiger partial charge in [0.05, 0.1) is 17.0 Å². The minimum Gasteiger partial charge on any atom is -0.426 e. The summed E-state index contributed by atoms with van der Waals surface area (Å²) in [5.74, 6) is -0.129. The van der Waals surface area contributed by atoms with Gasteiger partial charge in [-0.2, -0.15) is 0 Å². The van der Waals surface area contributed by atoms with Crippen LogP contribution in [0.1, 0.15) is 15.4 Å². The Balaban J connectivity index is 1.33. The zero-order valence-electron chi connectivity index (χ0n) is 15.2. The number of aromatic nitrogens is 1. The van der Waals surface area contributed by atoms with Crippen LogP contribution < -0.4 is 10.1 Å². The fraction of sp³-hybridized carbons (Fsp3) is 0.0455. The van der Waals surface area contributed by atoms with Crippen molar-refractivity contribution in [1.82, 2.24) is 4.98 Å². The summed E-state index contributed by atoms with van der Waals surface area (Å²) in [6.45, 7) is 0. The monoisotopic (exact) mass is 420 g/mol. The number of hydrogen-bond acceptors (Lipinski definition) is 6. The van der Waals surface area contributed by atoms with Gasteiger partial charge in [0.2, 0.25) is 0 Å². The smallest absolute Gasteiger partial charge is 0.317 e. The number of hydrogen-bond donors (Lipinski definition) is 1. The molecule has 0 aliphatic rings. The van der Waals surface area contributed by atoms with Gasteiger partial charge in [0.25, 0.3) is 5.91 Å². The average Bonchev–Trinajstić information content (AvgIpc) is 3.42. The molecule has 4 rings (SSSR count). The number of rotatable bonds is 6. The van der Waals surface area contributed by atoms with Gasteiger partial charge >= 0.3 is 5.97 Å². The maximum Gasteiger partial charge on any atom is 0.317 e. The summed E-state index contributed by atoms with van der Waals surface area (Å²) in [7, 11) is 0. The Morgan fingerprint density at radius 3 is 2.45 bits per heavy atom. The molecule has 144 valence electrons. The fourth-order valence-corrected chi connectivity index (χ4v) is 4.07. The molecule has 1 amide bonds. The highest BCUT2D eigenvalue weighted by atomic mass is 32.1. The average molecular weight is 421 g/mol. The zero-order chi connectivity index (χ0) is 20.1. The largest absolute Gasteiger partial charge is 0.426 e. The van der Waals surface area contributed by atoms with Crippen LogP contribution in [0.3, 0.4) is 0 Å². The number of amides is 1. The summed E-state index contributed by atoms with van der Waals surface area (Å²) in [5, 5.41) is 7.40. The molecule has 0 aliphatic heterocycles. The molecule has 0 radical (unpaired) electrons. The van der Waals surface area contributed by atoms with Gasteiger partial charge in [0.15, 0.2) is 0 Å². The minimum absolute atomic E-state index is 0.0974. The van der Waals surface area contributed by atoms with Crippen molar-refractivity contribution in [3.05, 3.63) is 88.1 Å². The number of nitrogens with one attached hydrogen (secondary N) is 1. The van der Waals surface area contributed by atoms with Crippen molar-refractivity contribution in [2.24, 2.45) is 0 Å². The first-order valence-electron chi connectivity index (χ1n) is 8.83. The van der Waals surface area contributed by atoms with E-state index in [-0.39, 0.29) is 18.3 Å². The summed E-state index contributed by atoms with van der Waals surface area (Å²) in [5.41, 5.74) is 2.34. The summed E-state index contributed by atoms with van der Waals surface area (Å²) >= 11 is 2.88. The molecule has 0 saturated heterocycles. The topological polar surface area (TPSA) is 68.3 Å².